The molecule has 1 aliphatic heterocycles. The van der Waals surface area contributed by atoms with Crippen LogP contribution in [0.3, 0.4) is 0 Å². The molecule has 1 N–H and O–H groups in total. The van der Waals surface area contributed by atoms with Crippen LogP contribution < -0.4 is 10.1 Å². The summed E-state index contributed by atoms with van der Waals surface area (Å²) in [5.41, 5.74) is 2.15. The van der Waals surface area contributed by atoms with Gasteiger partial charge in [0.15, 0.2) is 0 Å². The number of fused-ring (bicyclic) bond motifs is 2. The molecule has 2 heterocycles. The van der Waals surface area contributed by atoms with Gasteiger partial charge in [-0.2, -0.15) is 0 Å². The van der Waals surface area contributed by atoms with Gasteiger partial charge in [0.05, 0.1) is 11.3 Å². The van der Waals surface area contributed by atoms with E-state index in [1.807, 2.05) is 24.3 Å². The van der Waals surface area contributed by atoms with Gasteiger partial charge in [-0.15, -0.1) is 0 Å². The zero-order valence-corrected chi connectivity index (χ0v) is 11.5. The third-order valence-electron chi connectivity index (χ3n) is 3.77. The first-order valence-corrected chi connectivity index (χ1v) is 7.10. The molecule has 0 spiro atoms. The maximum atomic E-state index is 5.99. The van der Waals surface area contributed by atoms with Crippen LogP contribution in [0.4, 0.5) is 0 Å². The Morgan fingerprint density at radius 3 is 2.86 bits per heavy atom. The summed E-state index contributed by atoms with van der Waals surface area (Å²) in [6, 6.07) is 14.3. The summed E-state index contributed by atoms with van der Waals surface area (Å²) in [5, 5.41) is 5.70. The highest BCUT2D eigenvalue weighted by Gasteiger charge is 2.16. The molecule has 4 nitrogen and oxygen atoms in total. The quantitative estimate of drug-likeness (QED) is 0.782. The number of nitrogens with one attached hydrogen (secondary N) is 1. The topological polar surface area (TPSA) is 47.0 Å². The van der Waals surface area contributed by atoms with E-state index in [0.29, 0.717) is 5.88 Å². The summed E-state index contributed by atoms with van der Waals surface area (Å²) >= 11 is 0. The van der Waals surface area contributed by atoms with Crippen LogP contribution in [0, 0.1) is 0 Å². The van der Waals surface area contributed by atoms with Gasteiger partial charge in [-0.25, -0.2) is 9.97 Å². The van der Waals surface area contributed by atoms with Crippen LogP contribution in [-0.2, 0) is 13.0 Å². The van der Waals surface area contributed by atoms with E-state index >= 15 is 0 Å². The molecule has 0 fully saturated rings. The monoisotopic (exact) mass is 277 g/mol. The summed E-state index contributed by atoms with van der Waals surface area (Å²) < 4.78 is 5.99. The number of hydrogen-bond acceptors (Lipinski definition) is 4. The lowest BCUT2D eigenvalue weighted by atomic mass is 10.1. The number of aromatic nitrogens is 2. The molecule has 0 aliphatic carbocycles. The van der Waals surface area contributed by atoms with Crippen molar-refractivity contribution in [3.8, 4) is 11.6 Å². The highest BCUT2D eigenvalue weighted by molar-refractivity contribution is 5.83. The molecule has 0 amide bonds. The standard InChI is InChI=1S/C17H15N3O/c1-2-4-13-9-14(6-5-12(13)3-1)21-17-15-10-18-8-7-16(15)19-11-20-17/h1-6,9,11,18H,7-8,10H2. The minimum Gasteiger partial charge on any atom is -0.439 e. The van der Waals surface area contributed by atoms with Gasteiger partial charge in [0.2, 0.25) is 5.88 Å². The summed E-state index contributed by atoms with van der Waals surface area (Å²) in [7, 11) is 0. The second-order valence-electron chi connectivity index (χ2n) is 5.14. The van der Waals surface area contributed by atoms with E-state index in [4.69, 9.17) is 4.74 Å². The van der Waals surface area contributed by atoms with Crippen LogP contribution in [-0.4, -0.2) is 16.5 Å². The number of rotatable bonds is 2. The van der Waals surface area contributed by atoms with Crippen molar-refractivity contribution in [3.63, 3.8) is 0 Å². The lowest BCUT2D eigenvalue weighted by Gasteiger charge is -2.18. The first kappa shape index (κ1) is 12.3. The maximum absolute atomic E-state index is 5.99. The minimum atomic E-state index is 0.655. The lowest BCUT2D eigenvalue weighted by molar-refractivity contribution is 0.444. The number of ether oxygens (including phenoxy) is 1. The van der Waals surface area contributed by atoms with E-state index in [1.165, 1.54) is 5.39 Å². The first-order chi connectivity index (χ1) is 10.4. The van der Waals surface area contributed by atoms with Crippen molar-refractivity contribution in [2.45, 2.75) is 13.0 Å². The Hall–Kier alpha value is -2.46. The summed E-state index contributed by atoms with van der Waals surface area (Å²) in [4.78, 5) is 8.63. The van der Waals surface area contributed by atoms with Crippen LogP contribution in [0.1, 0.15) is 11.3 Å². The summed E-state index contributed by atoms with van der Waals surface area (Å²) in [6.45, 7) is 1.72. The second-order valence-corrected chi connectivity index (χ2v) is 5.14. The minimum absolute atomic E-state index is 0.655. The van der Waals surface area contributed by atoms with Crippen molar-refractivity contribution in [1.29, 1.82) is 0 Å². The van der Waals surface area contributed by atoms with Gasteiger partial charge in [-0.05, 0) is 22.9 Å². The summed E-state index contributed by atoms with van der Waals surface area (Å²) in [5.74, 6) is 1.46. The van der Waals surface area contributed by atoms with Crippen molar-refractivity contribution in [1.82, 2.24) is 15.3 Å². The Labute approximate surface area is 122 Å². The molecule has 104 valence electrons. The molecule has 0 atom stereocenters. The average molecular weight is 277 g/mol. The van der Waals surface area contributed by atoms with Gasteiger partial charge in [0.25, 0.3) is 0 Å². The number of hydrogen-bond donors (Lipinski definition) is 1. The van der Waals surface area contributed by atoms with Crippen molar-refractivity contribution in [3.05, 3.63) is 60.0 Å². The second kappa shape index (κ2) is 5.14. The molecule has 0 unspecified atom stereocenters. The molecule has 0 saturated heterocycles. The van der Waals surface area contributed by atoms with E-state index in [1.54, 1.807) is 6.33 Å². The molecule has 1 aliphatic rings. The number of nitrogens with zero attached hydrogens (tertiary/aromatic N) is 2. The van der Waals surface area contributed by atoms with E-state index in [-0.39, 0.29) is 0 Å². The molecule has 1 aromatic heterocycles. The Kier molecular flexibility index (Phi) is 3.01. The Morgan fingerprint density at radius 2 is 1.90 bits per heavy atom. The molecule has 2 aromatic carbocycles. The molecule has 21 heavy (non-hydrogen) atoms. The van der Waals surface area contributed by atoms with Crippen molar-refractivity contribution in [2.24, 2.45) is 0 Å². The van der Waals surface area contributed by atoms with E-state index in [9.17, 15) is 0 Å². The summed E-state index contributed by atoms with van der Waals surface area (Å²) in [6.07, 6.45) is 2.51. The normalized spacial score (nSPS) is 13.9. The molecular weight excluding hydrogens is 262 g/mol. The molecule has 0 saturated carbocycles. The first-order valence-electron chi connectivity index (χ1n) is 7.10. The zero-order valence-electron chi connectivity index (χ0n) is 11.5. The van der Waals surface area contributed by atoms with E-state index in [2.05, 4.69) is 33.5 Å². The largest absolute Gasteiger partial charge is 0.439 e. The van der Waals surface area contributed by atoms with Crippen LogP contribution >= 0.6 is 0 Å². The van der Waals surface area contributed by atoms with Crippen LogP contribution in [0.15, 0.2) is 48.8 Å². The van der Waals surface area contributed by atoms with Gasteiger partial charge in [-0.1, -0.05) is 30.3 Å². The smallest absolute Gasteiger partial charge is 0.227 e. The van der Waals surface area contributed by atoms with Crippen molar-refractivity contribution in [2.75, 3.05) is 6.54 Å². The fourth-order valence-corrected chi connectivity index (χ4v) is 2.67. The molecule has 4 heteroatoms. The van der Waals surface area contributed by atoms with Gasteiger partial charge < -0.3 is 10.1 Å². The van der Waals surface area contributed by atoms with E-state index in [0.717, 1.165) is 41.9 Å². The molecule has 0 bridgehead atoms. The predicted octanol–water partition coefficient (Wildman–Crippen LogP) is 3.07. The average Bonchev–Trinajstić information content (AvgIpc) is 2.55. The Morgan fingerprint density at radius 1 is 1.00 bits per heavy atom. The third-order valence-corrected chi connectivity index (χ3v) is 3.77. The van der Waals surface area contributed by atoms with Crippen LogP contribution in [0.2, 0.25) is 0 Å². The Balaban J connectivity index is 1.71. The van der Waals surface area contributed by atoms with E-state index < -0.39 is 0 Å². The fraction of sp³-hybridized carbons (Fsp3) is 0.176. The van der Waals surface area contributed by atoms with Gasteiger partial charge in [-0.3, -0.25) is 0 Å². The highest BCUT2D eigenvalue weighted by Crippen LogP contribution is 2.28. The third kappa shape index (κ3) is 2.34. The van der Waals surface area contributed by atoms with Gasteiger partial charge in [0.1, 0.15) is 12.1 Å². The van der Waals surface area contributed by atoms with Crippen molar-refractivity contribution < 1.29 is 4.74 Å². The molecule has 4 rings (SSSR count). The Bertz CT molecular complexity index is 801. The zero-order chi connectivity index (χ0) is 14.1. The van der Waals surface area contributed by atoms with Crippen molar-refractivity contribution >= 4 is 10.8 Å². The predicted molar refractivity (Wildman–Crippen MR) is 81.5 cm³/mol. The van der Waals surface area contributed by atoms with Crippen LogP contribution in [0.25, 0.3) is 10.8 Å². The molecular formula is C17H15N3O. The lowest BCUT2D eigenvalue weighted by Crippen LogP contribution is -2.25. The molecule has 3 aromatic rings. The van der Waals surface area contributed by atoms with Gasteiger partial charge in [0, 0.05) is 19.5 Å². The fourth-order valence-electron chi connectivity index (χ4n) is 2.67. The molecule has 0 radical (unpaired) electrons. The maximum Gasteiger partial charge on any atom is 0.227 e. The SMILES string of the molecule is c1ccc2cc(Oc3ncnc4c3CNCC4)ccc2c1. The number of benzene rings is 2. The van der Waals surface area contributed by atoms with Crippen LogP contribution in [0.5, 0.6) is 11.6 Å². The van der Waals surface area contributed by atoms with Gasteiger partial charge >= 0.3 is 0 Å². The highest BCUT2D eigenvalue weighted by atomic mass is 16.5.